The third-order valence-electron chi connectivity index (χ3n) is 3.70. The summed E-state index contributed by atoms with van der Waals surface area (Å²) in [6, 6.07) is 4.75. The van der Waals surface area contributed by atoms with Crippen LogP contribution in [0, 0.1) is 0 Å². The first-order valence-electron chi connectivity index (χ1n) is 7.12. The molecule has 0 saturated heterocycles. The van der Waals surface area contributed by atoms with Crippen LogP contribution in [-0.2, 0) is 11.2 Å². The quantitative estimate of drug-likeness (QED) is 0.735. The number of ether oxygens (including phenoxy) is 1. The third-order valence-corrected chi connectivity index (χ3v) is 4.60. The van der Waals surface area contributed by atoms with Gasteiger partial charge in [0.25, 0.3) is 0 Å². The summed E-state index contributed by atoms with van der Waals surface area (Å²) in [5.41, 5.74) is -0.0330. The minimum Gasteiger partial charge on any atom is -0.374 e. The fourth-order valence-corrected chi connectivity index (χ4v) is 3.41. The Morgan fingerprint density at radius 2 is 2.00 bits per heavy atom. The lowest BCUT2D eigenvalue weighted by Gasteiger charge is -2.40. The van der Waals surface area contributed by atoms with E-state index in [-0.39, 0.29) is 5.60 Å². The molecule has 1 heterocycles. The van der Waals surface area contributed by atoms with E-state index in [0.717, 1.165) is 32.4 Å². The predicted octanol–water partition coefficient (Wildman–Crippen LogP) is 3.86. The number of nitrogens with one attached hydrogen (secondary N) is 1. The Hall–Kier alpha value is -0.380. The summed E-state index contributed by atoms with van der Waals surface area (Å²) >= 11 is 1.84. The summed E-state index contributed by atoms with van der Waals surface area (Å²) < 4.78 is 6.13. The van der Waals surface area contributed by atoms with Crippen molar-refractivity contribution in [3.63, 3.8) is 0 Å². The first-order chi connectivity index (χ1) is 8.72. The highest BCUT2D eigenvalue weighted by atomic mass is 32.1. The van der Waals surface area contributed by atoms with Crippen LogP contribution in [0.5, 0.6) is 0 Å². The van der Waals surface area contributed by atoms with Crippen molar-refractivity contribution in [3.8, 4) is 0 Å². The monoisotopic (exact) mass is 269 g/mol. The number of hydrogen-bond donors (Lipinski definition) is 1. The zero-order valence-electron chi connectivity index (χ0n) is 12.2. The summed E-state index contributed by atoms with van der Waals surface area (Å²) in [6.45, 7) is 10.5. The molecule has 104 valence electrons. The van der Waals surface area contributed by atoms with Gasteiger partial charge < -0.3 is 10.1 Å². The van der Waals surface area contributed by atoms with E-state index in [2.05, 4.69) is 50.5 Å². The minimum atomic E-state index is -0.0330. The van der Waals surface area contributed by atoms with Gasteiger partial charge in [0, 0.05) is 17.5 Å². The zero-order chi connectivity index (χ0) is 13.4. The van der Waals surface area contributed by atoms with E-state index >= 15 is 0 Å². The lowest BCUT2D eigenvalue weighted by atomic mass is 9.85. The van der Waals surface area contributed by atoms with E-state index in [1.54, 1.807) is 0 Å². The smallest absolute Gasteiger partial charge is 0.0832 e. The molecule has 1 rings (SSSR count). The van der Waals surface area contributed by atoms with Crippen LogP contribution in [0.2, 0.25) is 0 Å². The molecule has 0 aromatic carbocycles. The summed E-state index contributed by atoms with van der Waals surface area (Å²) in [5, 5.41) is 5.78. The minimum absolute atomic E-state index is 0.0330. The van der Waals surface area contributed by atoms with E-state index in [9.17, 15) is 0 Å². The largest absolute Gasteiger partial charge is 0.374 e. The van der Waals surface area contributed by atoms with Crippen LogP contribution in [0.15, 0.2) is 17.5 Å². The molecule has 0 fully saturated rings. The number of rotatable bonds is 9. The Kier molecular flexibility index (Phi) is 6.90. The molecule has 0 bridgehead atoms. The molecule has 0 radical (unpaired) electrons. The van der Waals surface area contributed by atoms with Gasteiger partial charge in [-0.3, -0.25) is 0 Å². The van der Waals surface area contributed by atoms with Gasteiger partial charge in [-0.2, -0.15) is 0 Å². The number of thiophene rings is 1. The molecule has 1 unspecified atom stereocenters. The summed E-state index contributed by atoms with van der Waals surface area (Å²) in [7, 11) is 0. The van der Waals surface area contributed by atoms with Gasteiger partial charge >= 0.3 is 0 Å². The van der Waals surface area contributed by atoms with Crippen LogP contribution >= 0.6 is 11.3 Å². The Balaban J connectivity index is 2.85. The van der Waals surface area contributed by atoms with E-state index in [0.29, 0.717) is 6.04 Å². The summed E-state index contributed by atoms with van der Waals surface area (Å²) in [6.07, 6.45) is 3.17. The Morgan fingerprint density at radius 3 is 2.44 bits per heavy atom. The molecule has 0 aliphatic carbocycles. The lowest BCUT2D eigenvalue weighted by Crippen LogP contribution is -2.53. The van der Waals surface area contributed by atoms with Crippen molar-refractivity contribution < 1.29 is 4.74 Å². The van der Waals surface area contributed by atoms with Gasteiger partial charge in [0.2, 0.25) is 0 Å². The molecule has 1 N–H and O–H groups in total. The van der Waals surface area contributed by atoms with Gasteiger partial charge in [0.15, 0.2) is 0 Å². The van der Waals surface area contributed by atoms with Crippen LogP contribution in [0.25, 0.3) is 0 Å². The molecule has 18 heavy (non-hydrogen) atoms. The van der Waals surface area contributed by atoms with Gasteiger partial charge in [-0.05, 0) is 44.2 Å². The Bertz CT molecular complexity index is 306. The first-order valence-corrected chi connectivity index (χ1v) is 8.00. The maximum atomic E-state index is 6.13. The molecule has 0 saturated carbocycles. The van der Waals surface area contributed by atoms with Gasteiger partial charge in [-0.1, -0.05) is 26.8 Å². The predicted molar refractivity (Wildman–Crippen MR) is 80.4 cm³/mol. The second-order valence-corrected chi connectivity index (χ2v) is 5.63. The number of hydrogen-bond acceptors (Lipinski definition) is 3. The van der Waals surface area contributed by atoms with E-state index in [1.165, 1.54) is 4.88 Å². The first kappa shape index (κ1) is 15.7. The Morgan fingerprint density at radius 1 is 1.28 bits per heavy atom. The lowest BCUT2D eigenvalue weighted by molar-refractivity contribution is -0.0714. The van der Waals surface area contributed by atoms with Gasteiger partial charge in [-0.25, -0.2) is 0 Å². The summed E-state index contributed by atoms with van der Waals surface area (Å²) in [5.74, 6) is 0. The van der Waals surface area contributed by atoms with Gasteiger partial charge in [0.05, 0.1) is 5.60 Å². The molecule has 1 atom stereocenters. The van der Waals surface area contributed by atoms with Crippen molar-refractivity contribution in [2.75, 3.05) is 13.2 Å². The normalized spacial score (nSPS) is 13.8. The van der Waals surface area contributed by atoms with Crippen molar-refractivity contribution >= 4 is 11.3 Å². The maximum Gasteiger partial charge on any atom is 0.0832 e. The highest BCUT2D eigenvalue weighted by Crippen LogP contribution is 2.28. The van der Waals surface area contributed by atoms with Gasteiger partial charge in [-0.15, -0.1) is 11.3 Å². The number of likely N-dealkylation sites (N-methyl/N-ethyl adjacent to an activating group) is 1. The zero-order valence-corrected chi connectivity index (χ0v) is 13.0. The van der Waals surface area contributed by atoms with Gasteiger partial charge in [0.1, 0.15) is 0 Å². The maximum absolute atomic E-state index is 6.13. The van der Waals surface area contributed by atoms with E-state index in [4.69, 9.17) is 4.74 Å². The fourth-order valence-electron chi connectivity index (χ4n) is 2.66. The van der Waals surface area contributed by atoms with E-state index < -0.39 is 0 Å². The summed E-state index contributed by atoms with van der Waals surface area (Å²) in [4.78, 5) is 1.44. The molecule has 0 amide bonds. The standard InChI is InChI=1S/C15H27NOS/c1-5-15(6-2,17-8-4)14(16-7-3)12-13-10-9-11-18-13/h9-11,14,16H,5-8,12H2,1-4H3. The second-order valence-electron chi connectivity index (χ2n) is 4.60. The van der Waals surface area contributed by atoms with Crippen LogP contribution in [0.1, 0.15) is 45.4 Å². The van der Waals surface area contributed by atoms with Crippen molar-refractivity contribution in [1.29, 1.82) is 0 Å². The van der Waals surface area contributed by atoms with Crippen molar-refractivity contribution in [3.05, 3.63) is 22.4 Å². The topological polar surface area (TPSA) is 21.3 Å². The fraction of sp³-hybridized carbons (Fsp3) is 0.733. The SMILES string of the molecule is CCNC(Cc1cccs1)C(CC)(CC)OCC. The average Bonchev–Trinajstić information content (AvgIpc) is 2.89. The van der Waals surface area contributed by atoms with Crippen molar-refractivity contribution in [2.24, 2.45) is 0 Å². The third kappa shape index (κ3) is 3.81. The molecule has 0 aliphatic heterocycles. The van der Waals surface area contributed by atoms with Crippen LogP contribution in [0.4, 0.5) is 0 Å². The highest BCUT2D eigenvalue weighted by Gasteiger charge is 2.36. The van der Waals surface area contributed by atoms with Crippen LogP contribution < -0.4 is 5.32 Å². The molecule has 1 aromatic heterocycles. The van der Waals surface area contributed by atoms with Crippen LogP contribution in [-0.4, -0.2) is 24.8 Å². The molecular formula is C15H27NOS. The molecule has 0 aliphatic rings. The molecule has 3 heteroatoms. The van der Waals surface area contributed by atoms with Crippen LogP contribution in [0.3, 0.4) is 0 Å². The van der Waals surface area contributed by atoms with Crippen molar-refractivity contribution in [1.82, 2.24) is 5.32 Å². The molecular weight excluding hydrogens is 242 g/mol. The highest BCUT2D eigenvalue weighted by molar-refractivity contribution is 7.09. The van der Waals surface area contributed by atoms with E-state index in [1.807, 2.05) is 11.3 Å². The Labute approximate surface area is 116 Å². The average molecular weight is 269 g/mol. The molecule has 1 aromatic rings. The second kappa shape index (κ2) is 7.93. The van der Waals surface area contributed by atoms with Crippen molar-refractivity contribution in [2.45, 2.75) is 58.6 Å². The molecule has 2 nitrogen and oxygen atoms in total. The molecule has 0 spiro atoms.